The summed E-state index contributed by atoms with van der Waals surface area (Å²) in [6.45, 7) is 33.2. The highest BCUT2D eigenvalue weighted by Gasteiger charge is 2.51. The SMILES string of the molecule is C=CC(=O)N1C[C@@H]2C(=O)N(C)c3c(c4cc(Cl)c(-c5c(O)cccc5F)c(F)c4n(-c4c(C)ccnc4C(C)C)c3=O)N2C[C@H]1C.C=CC(=O)N1C[C@@H]2C(=O)N(C)c3c(c4cc(Cl)c(-c5c(O)cccc5F)c(F)c4n(-c4c(C)ccnc4C(C)C)c3=O)N2C[C@H]1C.C=CC(=O)N1C[C@@H]2C(=O)N(C)c3c(c4cc(Cl)c(-c5c(O)cccc5F)c(F)c4n(-c4c(C)ccnc4C(C)C)c3=O)N2C[C@H]1C. The number of benzene rings is 6. The molecule has 3 fully saturated rings. The Balaban J connectivity index is 0.000000150. The molecule has 714 valence electrons. The van der Waals surface area contributed by atoms with Crippen LogP contribution < -0.4 is 46.1 Å². The number of carbonyl (C=O) groups is 6. The summed E-state index contributed by atoms with van der Waals surface area (Å²) in [5.74, 6) is -10.3. The zero-order valence-corrected chi connectivity index (χ0v) is 80.1. The number of aryl methyl sites for hydroxylation is 3. The second kappa shape index (κ2) is 36.6. The quantitative estimate of drug-likeness (QED) is 0.0756. The first kappa shape index (κ1) is 96.8. The van der Waals surface area contributed by atoms with Gasteiger partial charge in [0.15, 0.2) is 17.5 Å². The van der Waals surface area contributed by atoms with Gasteiger partial charge in [-0.15, -0.1) is 0 Å². The molecule has 12 heterocycles. The number of piperazine rings is 3. The van der Waals surface area contributed by atoms with E-state index in [1.165, 1.54) is 137 Å². The van der Waals surface area contributed by atoms with Gasteiger partial charge in [0, 0.05) is 110 Å². The first-order valence-corrected chi connectivity index (χ1v) is 45.6. The van der Waals surface area contributed by atoms with E-state index >= 15 is 26.3 Å². The van der Waals surface area contributed by atoms with Gasteiger partial charge in [-0.05, 0) is 167 Å². The van der Waals surface area contributed by atoms with Crippen LogP contribution in [-0.4, -0.2) is 191 Å². The molecule has 0 bridgehead atoms. The van der Waals surface area contributed by atoms with Gasteiger partial charge in [0.1, 0.15) is 69.9 Å². The number of nitrogens with zero attached hydrogens (tertiary/aromatic N) is 15. The molecule has 6 aliphatic heterocycles. The van der Waals surface area contributed by atoms with Crippen LogP contribution in [0.25, 0.3) is 83.2 Å². The number of halogens is 9. The lowest BCUT2D eigenvalue weighted by Crippen LogP contribution is -2.66. The minimum Gasteiger partial charge on any atom is -0.507 e. The molecule has 6 aromatic heterocycles. The van der Waals surface area contributed by atoms with E-state index in [9.17, 15) is 58.5 Å². The number of rotatable bonds is 12. The Bertz CT molecular complexity index is 6760. The van der Waals surface area contributed by atoms with Gasteiger partial charge >= 0.3 is 0 Å². The predicted molar refractivity (Wildman–Crippen MR) is 522 cm³/mol. The third-order valence-electron chi connectivity index (χ3n) is 26.7. The maximum Gasteiger partial charge on any atom is 0.281 e. The third kappa shape index (κ3) is 15.4. The Morgan fingerprint density at radius 3 is 0.833 bits per heavy atom. The number of anilines is 6. The fourth-order valence-electron chi connectivity index (χ4n) is 20.2. The largest absolute Gasteiger partial charge is 0.507 e. The minimum atomic E-state index is -1.04. The molecule has 0 unspecified atom stereocenters. The minimum absolute atomic E-state index is 0.000591. The first-order chi connectivity index (χ1) is 65.4. The number of phenolic OH excluding ortho intramolecular Hbond substituents is 3. The summed E-state index contributed by atoms with van der Waals surface area (Å²) in [5.41, 5.74) is -0.295. The zero-order valence-electron chi connectivity index (χ0n) is 77.8. The summed E-state index contributed by atoms with van der Waals surface area (Å²) < 4.78 is 101. The van der Waals surface area contributed by atoms with Gasteiger partial charge in [0.25, 0.3) is 34.4 Å². The molecule has 18 rings (SSSR count). The van der Waals surface area contributed by atoms with Crippen molar-refractivity contribution in [3.8, 4) is 67.7 Å². The van der Waals surface area contributed by atoms with Crippen molar-refractivity contribution in [1.82, 2.24) is 43.4 Å². The van der Waals surface area contributed by atoms with Crippen molar-refractivity contribution in [2.75, 3.05) is 89.8 Å². The van der Waals surface area contributed by atoms with Crippen LogP contribution >= 0.6 is 34.8 Å². The van der Waals surface area contributed by atoms with Gasteiger partial charge in [-0.2, -0.15) is 0 Å². The molecule has 6 atom stereocenters. The fourth-order valence-corrected chi connectivity index (χ4v) is 21.0. The van der Waals surface area contributed by atoms with Gasteiger partial charge in [-0.1, -0.05) is 114 Å². The van der Waals surface area contributed by atoms with Crippen molar-refractivity contribution >= 4 is 137 Å². The Morgan fingerprint density at radius 2 is 0.616 bits per heavy atom. The number of carbonyl (C=O) groups excluding carboxylic acids is 6. The number of hydrogen-bond donors (Lipinski definition) is 3. The summed E-state index contributed by atoms with van der Waals surface area (Å²) in [6, 6.07) is 16.3. The average Bonchev–Trinajstić information content (AvgIpc) is 0.705. The number of fused-ring (bicyclic) bond motifs is 15. The van der Waals surface area contributed by atoms with Crippen molar-refractivity contribution in [2.45, 2.75) is 137 Å². The van der Waals surface area contributed by atoms with Crippen LogP contribution in [0.4, 0.5) is 60.5 Å². The van der Waals surface area contributed by atoms with E-state index in [2.05, 4.69) is 34.7 Å². The molecule has 0 radical (unpaired) electrons. The van der Waals surface area contributed by atoms with Crippen molar-refractivity contribution in [3.05, 3.63) is 262 Å². The normalized spacial score (nSPS) is 17.8. The number of pyridine rings is 6. The second-order valence-electron chi connectivity index (χ2n) is 36.1. The summed E-state index contributed by atoms with van der Waals surface area (Å²) in [5, 5.41) is 31.9. The molecular weight excluding hydrogens is 1850 g/mol. The standard InChI is InChI=1S/3C34H32ClF2N5O4/c3*1-7-24(44)40-15-22-33(45)39(6)32-31(41(22)14-18(40)5)19-13-20(35)25(26-21(36)9-8-10-23(26)43)27(37)30(19)42(34(32)46)29-17(4)11-12-38-28(29)16(2)3/h3*7-13,16,18,22,43H,1,14-15H2,2-6H3/t3*18-,22-/m111/s1. The number of aromatic nitrogens is 6. The van der Waals surface area contributed by atoms with E-state index in [1.807, 2.05) is 62.3 Å². The topological polar surface area (TPSA) is 297 Å². The molecule has 6 aliphatic rings. The molecular formula is C102H96Cl3F6N15O12. The smallest absolute Gasteiger partial charge is 0.281 e. The summed E-state index contributed by atoms with van der Waals surface area (Å²) in [4.78, 5) is 151. The molecule has 6 aromatic carbocycles. The molecule has 0 spiro atoms. The van der Waals surface area contributed by atoms with Crippen molar-refractivity contribution in [3.63, 3.8) is 0 Å². The Kier molecular flexibility index (Phi) is 25.7. The molecule has 3 saturated heterocycles. The van der Waals surface area contributed by atoms with Gasteiger partial charge in [0.05, 0.1) is 119 Å². The number of phenols is 3. The zero-order chi connectivity index (χ0) is 100. The number of aromatic hydroxyl groups is 3. The van der Waals surface area contributed by atoms with Crippen LogP contribution in [0.5, 0.6) is 17.2 Å². The molecule has 6 amide bonds. The van der Waals surface area contributed by atoms with E-state index in [0.29, 0.717) is 50.8 Å². The van der Waals surface area contributed by atoms with Gasteiger partial charge < -0.3 is 59.4 Å². The monoisotopic (exact) mass is 1940 g/mol. The number of hydrogen-bond acceptors (Lipinski definition) is 18. The van der Waals surface area contributed by atoms with E-state index < -0.39 is 156 Å². The third-order valence-corrected chi connectivity index (χ3v) is 27.6. The van der Waals surface area contributed by atoms with E-state index in [4.69, 9.17) is 34.8 Å². The number of amides is 6. The average molecular weight is 1940 g/mol. The lowest BCUT2D eigenvalue weighted by Gasteiger charge is -2.50. The summed E-state index contributed by atoms with van der Waals surface area (Å²) >= 11 is 20.3. The molecule has 3 N–H and O–H groups in total. The highest BCUT2D eigenvalue weighted by molar-refractivity contribution is 6.36. The fraction of sp³-hybridized carbons (Fsp3) is 0.294. The van der Waals surface area contributed by atoms with Crippen LogP contribution in [0.1, 0.15) is 114 Å². The maximum absolute atomic E-state index is 17.3. The summed E-state index contributed by atoms with van der Waals surface area (Å²) in [6.07, 6.45) is 8.35. The van der Waals surface area contributed by atoms with Gasteiger partial charge in [-0.3, -0.25) is 71.8 Å². The molecule has 27 nitrogen and oxygen atoms in total. The van der Waals surface area contributed by atoms with Crippen LogP contribution in [-0.2, 0) is 28.8 Å². The van der Waals surface area contributed by atoms with E-state index in [-0.39, 0.29) is 157 Å². The van der Waals surface area contributed by atoms with Crippen molar-refractivity contribution in [2.24, 2.45) is 0 Å². The molecule has 138 heavy (non-hydrogen) atoms. The summed E-state index contributed by atoms with van der Waals surface area (Å²) in [7, 11) is 4.41. The van der Waals surface area contributed by atoms with Crippen molar-refractivity contribution in [1.29, 1.82) is 0 Å². The molecule has 0 saturated carbocycles. The van der Waals surface area contributed by atoms with Crippen LogP contribution in [0, 0.1) is 55.7 Å². The molecule has 0 aliphatic carbocycles. The van der Waals surface area contributed by atoms with E-state index in [1.54, 1.807) is 72.3 Å². The van der Waals surface area contributed by atoms with Crippen LogP contribution in [0.15, 0.2) is 162 Å². The molecule has 12 aromatic rings. The number of likely N-dealkylation sites (N-methyl/N-ethyl adjacent to an activating group) is 3. The van der Waals surface area contributed by atoms with Crippen molar-refractivity contribution < 1.29 is 70.4 Å². The Morgan fingerprint density at radius 1 is 0.377 bits per heavy atom. The van der Waals surface area contributed by atoms with E-state index in [0.717, 1.165) is 18.2 Å². The highest BCUT2D eigenvalue weighted by Crippen LogP contribution is 2.54. The highest BCUT2D eigenvalue weighted by atomic mass is 35.5. The van der Waals surface area contributed by atoms with Gasteiger partial charge in [-0.25, -0.2) is 26.3 Å². The van der Waals surface area contributed by atoms with Crippen LogP contribution in [0.2, 0.25) is 15.1 Å². The lowest BCUT2D eigenvalue weighted by molar-refractivity contribution is -0.132. The second-order valence-corrected chi connectivity index (χ2v) is 37.3. The Hall–Kier alpha value is -14.3. The van der Waals surface area contributed by atoms with Crippen LogP contribution in [0.3, 0.4) is 0 Å². The maximum atomic E-state index is 17.3. The predicted octanol–water partition coefficient (Wildman–Crippen LogP) is 17.1. The first-order valence-electron chi connectivity index (χ1n) is 44.4. The lowest BCUT2D eigenvalue weighted by atomic mass is 9.95. The van der Waals surface area contributed by atoms with Gasteiger partial charge in [0.2, 0.25) is 17.7 Å². The Labute approximate surface area is 803 Å². The molecule has 36 heteroatoms.